The average molecular weight is 484 g/mol. The van der Waals surface area contributed by atoms with Crippen molar-refractivity contribution in [3.63, 3.8) is 0 Å². The summed E-state index contributed by atoms with van der Waals surface area (Å²) in [4.78, 5) is 48.6. The molecule has 10 heteroatoms. The summed E-state index contributed by atoms with van der Waals surface area (Å²) in [5.41, 5.74) is 1.43. The second kappa shape index (κ2) is 10.7. The highest BCUT2D eigenvalue weighted by atomic mass is 32.2. The number of amides is 2. The predicted molar refractivity (Wildman–Crippen MR) is 126 cm³/mol. The highest BCUT2D eigenvalue weighted by molar-refractivity contribution is 7.99. The summed E-state index contributed by atoms with van der Waals surface area (Å²) in [6.07, 6.45) is 2.81. The van der Waals surface area contributed by atoms with Crippen molar-refractivity contribution in [3.8, 4) is 5.75 Å². The van der Waals surface area contributed by atoms with Gasteiger partial charge in [0, 0.05) is 54.6 Å². The minimum atomic E-state index is -0.459. The van der Waals surface area contributed by atoms with E-state index < -0.39 is 4.92 Å². The van der Waals surface area contributed by atoms with Crippen LogP contribution in [0.4, 0.5) is 5.69 Å². The molecule has 1 N–H and O–H groups in total. The maximum absolute atomic E-state index is 12.5. The summed E-state index contributed by atoms with van der Waals surface area (Å²) in [5.74, 6) is 0.410. The van der Waals surface area contributed by atoms with Gasteiger partial charge >= 0.3 is 0 Å². The fourth-order valence-corrected chi connectivity index (χ4v) is 4.83. The van der Waals surface area contributed by atoms with E-state index >= 15 is 0 Å². The Bertz CT molecular complexity index is 1140. The molecule has 9 nitrogen and oxygen atoms in total. The van der Waals surface area contributed by atoms with Crippen LogP contribution in [0.5, 0.6) is 5.75 Å². The van der Waals surface area contributed by atoms with E-state index in [9.17, 15) is 19.7 Å². The second-order valence-electron chi connectivity index (χ2n) is 8.04. The molecular formula is C24H25N3O6S. The molecule has 0 atom stereocenters. The van der Waals surface area contributed by atoms with Crippen LogP contribution in [0.2, 0.25) is 0 Å². The fraction of sp³-hybridized carbons (Fsp3) is 0.333. The zero-order valence-electron chi connectivity index (χ0n) is 18.6. The SMILES string of the molecule is C=C(C(=O)NCCCN1CCCC1=O)c1ccc(Sc2ccc3c(c2)CCOO3)c([N+](=O)[O-])c1. The maximum atomic E-state index is 12.5. The molecule has 1 saturated heterocycles. The van der Waals surface area contributed by atoms with E-state index in [0.717, 1.165) is 23.4 Å². The first-order valence-electron chi connectivity index (χ1n) is 11.1. The van der Waals surface area contributed by atoms with Crippen LogP contribution < -0.4 is 10.2 Å². The molecule has 2 heterocycles. The Hall–Kier alpha value is -3.37. The number of hydrogen-bond donors (Lipinski definition) is 1. The summed E-state index contributed by atoms with van der Waals surface area (Å²) in [7, 11) is 0. The Labute approximate surface area is 201 Å². The number of likely N-dealkylation sites (tertiary alicyclic amines) is 1. The molecule has 0 aliphatic carbocycles. The zero-order valence-corrected chi connectivity index (χ0v) is 19.4. The second-order valence-corrected chi connectivity index (χ2v) is 9.15. The molecule has 0 saturated carbocycles. The molecular weight excluding hydrogens is 458 g/mol. The Morgan fingerprint density at radius 2 is 2.09 bits per heavy atom. The number of nitro benzene ring substituents is 1. The maximum Gasteiger partial charge on any atom is 0.283 e. The van der Waals surface area contributed by atoms with E-state index in [1.165, 1.54) is 17.8 Å². The lowest BCUT2D eigenvalue weighted by molar-refractivity contribution is -0.387. The van der Waals surface area contributed by atoms with Crippen LogP contribution in [0.15, 0.2) is 52.8 Å². The Morgan fingerprint density at radius 1 is 1.24 bits per heavy atom. The number of nitrogens with one attached hydrogen (secondary N) is 1. The number of rotatable bonds is 9. The van der Waals surface area contributed by atoms with E-state index in [2.05, 4.69) is 11.9 Å². The molecule has 0 unspecified atom stereocenters. The van der Waals surface area contributed by atoms with Crippen molar-refractivity contribution in [2.24, 2.45) is 0 Å². The molecule has 4 rings (SSSR count). The number of carbonyl (C=O) groups is 2. The summed E-state index contributed by atoms with van der Waals surface area (Å²) in [6, 6.07) is 10.2. The molecule has 34 heavy (non-hydrogen) atoms. The summed E-state index contributed by atoms with van der Waals surface area (Å²) in [6.45, 7) is 6.04. The third kappa shape index (κ3) is 5.57. The standard InChI is InChI=1S/C24H25N3O6S/c1-16(24(29)25-10-3-12-26-11-2-4-23(26)28)17-5-8-22(20(15-17)27(30)31)34-19-6-7-21-18(14-19)9-13-32-33-21/h5-8,14-15H,1-4,9-13H2,(H,25,29). The predicted octanol–water partition coefficient (Wildman–Crippen LogP) is 3.75. The lowest BCUT2D eigenvalue weighted by Crippen LogP contribution is -2.30. The van der Waals surface area contributed by atoms with Crippen LogP contribution in [0, 0.1) is 10.1 Å². The number of hydrogen-bond acceptors (Lipinski definition) is 7. The van der Waals surface area contributed by atoms with Crippen molar-refractivity contribution in [2.75, 3.05) is 26.2 Å². The molecule has 0 radical (unpaired) electrons. The van der Waals surface area contributed by atoms with Crippen LogP contribution in [0.1, 0.15) is 30.4 Å². The van der Waals surface area contributed by atoms with Crippen LogP contribution in [0.25, 0.3) is 5.57 Å². The van der Waals surface area contributed by atoms with Crippen LogP contribution in [0.3, 0.4) is 0 Å². The Kier molecular flexibility index (Phi) is 7.49. The fourth-order valence-electron chi connectivity index (χ4n) is 3.86. The van der Waals surface area contributed by atoms with E-state index in [1.54, 1.807) is 23.1 Å². The lowest BCUT2D eigenvalue weighted by atomic mass is 10.1. The zero-order chi connectivity index (χ0) is 24.1. The molecule has 0 spiro atoms. The first-order chi connectivity index (χ1) is 16.4. The lowest BCUT2D eigenvalue weighted by Gasteiger charge is -2.16. The molecule has 2 amide bonds. The van der Waals surface area contributed by atoms with Gasteiger partial charge in [-0.2, -0.15) is 4.89 Å². The highest BCUT2D eigenvalue weighted by Gasteiger charge is 2.21. The molecule has 178 valence electrons. The molecule has 2 aromatic rings. The smallest absolute Gasteiger partial charge is 0.283 e. The minimum absolute atomic E-state index is 0.0960. The van der Waals surface area contributed by atoms with E-state index in [4.69, 9.17) is 9.78 Å². The van der Waals surface area contributed by atoms with Gasteiger partial charge in [0.1, 0.15) is 0 Å². The van der Waals surface area contributed by atoms with Gasteiger partial charge in [-0.25, -0.2) is 0 Å². The average Bonchev–Trinajstić information content (AvgIpc) is 3.25. The van der Waals surface area contributed by atoms with E-state index in [0.29, 0.717) is 55.2 Å². The van der Waals surface area contributed by atoms with Gasteiger partial charge in [-0.3, -0.25) is 19.7 Å². The quantitative estimate of drug-likeness (QED) is 0.190. The third-order valence-corrected chi connectivity index (χ3v) is 6.76. The van der Waals surface area contributed by atoms with Crippen LogP contribution in [-0.4, -0.2) is 47.9 Å². The van der Waals surface area contributed by atoms with Gasteiger partial charge in [0.2, 0.25) is 5.91 Å². The summed E-state index contributed by atoms with van der Waals surface area (Å²) in [5, 5.41) is 14.5. The molecule has 1 fully saturated rings. The Morgan fingerprint density at radius 3 is 2.85 bits per heavy atom. The topological polar surface area (TPSA) is 111 Å². The summed E-state index contributed by atoms with van der Waals surface area (Å²) < 4.78 is 0. The highest BCUT2D eigenvalue weighted by Crippen LogP contribution is 2.38. The van der Waals surface area contributed by atoms with Gasteiger partial charge in [0.15, 0.2) is 5.75 Å². The van der Waals surface area contributed by atoms with E-state index in [-0.39, 0.29) is 23.1 Å². The number of nitro groups is 1. The van der Waals surface area contributed by atoms with Crippen molar-refractivity contribution in [1.82, 2.24) is 10.2 Å². The molecule has 2 aliphatic rings. The molecule has 0 aromatic heterocycles. The van der Waals surface area contributed by atoms with Gasteiger partial charge in [-0.1, -0.05) is 24.4 Å². The number of benzene rings is 2. The number of nitrogens with zero attached hydrogens (tertiary/aromatic N) is 2. The molecule has 0 bridgehead atoms. The van der Waals surface area contributed by atoms with Crippen LogP contribution in [-0.2, 0) is 20.9 Å². The van der Waals surface area contributed by atoms with Gasteiger partial charge in [0.25, 0.3) is 11.6 Å². The number of fused-ring (bicyclic) bond motifs is 1. The number of carbonyl (C=O) groups excluding carboxylic acids is 2. The van der Waals surface area contributed by atoms with Gasteiger partial charge in [0.05, 0.1) is 16.4 Å². The largest absolute Gasteiger partial charge is 0.352 e. The molecule has 2 aliphatic heterocycles. The van der Waals surface area contributed by atoms with Gasteiger partial charge in [-0.05, 0) is 42.7 Å². The van der Waals surface area contributed by atoms with Crippen molar-refractivity contribution in [2.45, 2.75) is 35.5 Å². The minimum Gasteiger partial charge on any atom is -0.352 e. The van der Waals surface area contributed by atoms with Crippen molar-refractivity contribution in [1.29, 1.82) is 0 Å². The van der Waals surface area contributed by atoms with Crippen molar-refractivity contribution < 1.29 is 24.3 Å². The van der Waals surface area contributed by atoms with Crippen molar-refractivity contribution in [3.05, 3.63) is 64.2 Å². The van der Waals surface area contributed by atoms with Crippen LogP contribution >= 0.6 is 11.8 Å². The van der Waals surface area contributed by atoms with Gasteiger partial charge in [-0.15, -0.1) is 0 Å². The normalized spacial score (nSPS) is 14.9. The monoisotopic (exact) mass is 483 g/mol. The first kappa shape index (κ1) is 23.8. The third-order valence-electron chi connectivity index (χ3n) is 5.70. The van der Waals surface area contributed by atoms with E-state index in [1.807, 2.05) is 12.1 Å². The van der Waals surface area contributed by atoms with Gasteiger partial charge < -0.3 is 15.1 Å². The Balaban J connectivity index is 1.39. The molecule has 2 aromatic carbocycles. The summed E-state index contributed by atoms with van der Waals surface area (Å²) >= 11 is 1.27. The first-order valence-corrected chi connectivity index (χ1v) is 11.9. The van der Waals surface area contributed by atoms with Crippen molar-refractivity contribution >= 4 is 34.8 Å².